The first-order valence-electron chi connectivity index (χ1n) is 17.1. The Balaban J connectivity index is 1.54. The number of alkyl halides is 4. The molecular formula is C40H44Br4O8. The number of carbonyl (C=O) groups excluding carboxylic acids is 1. The van der Waals surface area contributed by atoms with Crippen molar-refractivity contribution in [1.29, 1.82) is 0 Å². The second kappa shape index (κ2) is 24.4. The number of hydrogen-bond acceptors (Lipinski definition) is 8. The third kappa shape index (κ3) is 15.6. The molecule has 0 saturated heterocycles. The highest BCUT2D eigenvalue weighted by Crippen LogP contribution is 2.30. The van der Waals surface area contributed by atoms with E-state index in [0.717, 1.165) is 81.1 Å². The van der Waals surface area contributed by atoms with Gasteiger partial charge < -0.3 is 33.2 Å². The van der Waals surface area contributed by atoms with E-state index in [9.17, 15) is 4.79 Å². The van der Waals surface area contributed by atoms with E-state index in [4.69, 9.17) is 33.2 Å². The maximum atomic E-state index is 12.8. The van der Waals surface area contributed by atoms with E-state index >= 15 is 0 Å². The van der Waals surface area contributed by atoms with Crippen molar-refractivity contribution in [2.24, 2.45) is 0 Å². The van der Waals surface area contributed by atoms with E-state index in [2.05, 4.69) is 63.7 Å². The van der Waals surface area contributed by atoms with Crippen LogP contribution in [0.1, 0.15) is 52.7 Å². The Morgan fingerprint density at radius 3 is 1.10 bits per heavy atom. The minimum Gasteiger partial charge on any atom is -0.493 e. The van der Waals surface area contributed by atoms with E-state index in [-0.39, 0.29) is 19.8 Å². The van der Waals surface area contributed by atoms with Gasteiger partial charge in [0.05, 0.1) is 32.0 Å². The van der Waals surface area contributed by atoms with Crippen molar-refractivity contribution in [3.05, 3.63) is 107 Å². The molecule has 0 unspecified atom stereocenters. The van der Waals surface area contributed by atoms with Crippen molar-refractivity contribution in [2.45, 2.75) is 45.5 Å². The van der Waals surface area contributed by atoms with Crippen molar-refractivity contribution in [1.82, 2.24) is 0 Å². The minimum atomic E-state index is -0.414. The van der Waals surface area contributed by atoms with E-state index in [1.807, 2.05) is 60.7 Å². The molecule has 0 bridgehead atoms. The Morgan fingerprint density at radius 1 is 0.423 bits per heavy atom. The maximum absolute atomic E-state index is 12.8. The van der Waals surface area contributed by atoms with E-state index in [1.54, 1.807) is 24.3 Å². The first-order chi connectivity index (χ1) is 25.5. The number of hydrogen-bond donors (Lipinski definition) is 0. The fourth-order valence-electron chi connectivity index (χ4n) is 4.76. The van der Waals surface area contributed by atoms with Gasteiger partial charge in [0, 0.05) is 39.5 Å². The zero-order chi connectivity index (χ0) is 36.8. The van der Waals surface area contributed by atoms with Crippen LogP contribution in [-0.2, 0) is 24.6 Å². The predicted octanol–water partition coefficient (Wildman–Crippen LogP) is 10.9. The molecule has 0 atom stereocenters. The van der Waals surface area contributed by atoms with Gasteiger partial charge in [0.25, 0.3) is 0 Å². The number of esters is 1. The van der Waals surface area contributed by atoms with Gasteiger partial charge in [-0.05, 0) is 90.9 Å². The van der Waals surface area contributed by atoms with E-state index in [0.29, 0.717) is 49.1 Å². The van der Waals surface area contributed by atoms with Crippen LogP contribution in [-0.4, -0.2) is 53.7 Å². The van der Waals surface area contributed by atoms with Crippen LogP contribution in [0.25, 0.3) is 0 Å². The molecule has 0 aliphatic heterocycles. The van der Waals surface area contributed by atoms with Crippen molar-refractivity contribution in [3.63, 3.8) is 0 Å². The van der Waals surface area contributed by atoms with Gasteiger partial charge in [-0.2, -0.15) is 0 Å². The van der Waals surface area contributed by atoms with Crippen LogP contribution in [0.4, 0.5) is 0 Å². The summed E-state index contributed by atoms with van der Waals surface area (Å²) in [5, 5.41) is 3.42. The van der Waals surface area contributed by atoms with Crippen LogP contribution in [0.2, 0.25) is 0 Å². The zero-order valence-electron chi connectivity index (χ0n) is 29.0. The molecule has 0 spiro atoms. The number of carbonyl (C=O) groups is 1. The van der Waals surface area contributed by atoms with Crippen LogP contribution < -0.4 is 28.4 Å². The highest BCUT2D eigenvalue weighted by atomic mass is 79.9. The normalized spacial score (nSPS) is 10.8. The Hall–Kier alpha value is -2.93. The number of ether oxygens (including phenoxy) is 7. The Kier molecular flexibility index (Phi) is 19.6. The summed E-state index contributed by atoms with van der Waals surface area (Å²) in [5.74, 6) is 3.57. The quantitative estimate of drug-likeness (QED) is 0.0369. The monoisotopic (exact) mass is 968 g/mol. The first-order valence-corrected chi connectivity index (χ1v) is 21.6. The fraction of sp³-hybridized carbons (Fsp3) is 0.375. The van der Waals surface area contributed by atoms with Gasteiger partial charge in [-0.1, -0.05) is 81.9 Å². The third-order valence-electron chi connectivity index (χ3n) is 7.20. The number of benzene rings is 4. The molecule has 280 valence electrons. The van der Waals surface area contributed by atoms with Gasteiger partial charge in [-0.15, -0.1) is 0 Å². The summed E-state index contributed by atoms with van der Waals surface area (Å²) in [6, 6.07) is 26.1. The van der Waals surface area contributed by atoms with Crippen LogP contribution >= 0.6 is 63.7 Å². The zero-order valence-corrected chi connectivity index (χ0v) is 35.3. The Bertz CT molecular complexity index is 1490. The molecule has 4 aromatic rings. The van der Waals surface area contributed by atoms with Crippen LogP contribution in [0.15, 0.2) is 84.9 Å². The van der Waals surface area contributed by atoms with Crippen molar-refractivity contribution in [2.75, 3.05) is 47.7 Å². The standard InChI is InChI=1S/C40H44Br4O8/c41-10-4-14-46-34-18-30(19-35(24-34)47-15-5-11-42)27-50-38-22-32(29-52-40(45)33-8-2-1-3-9-33)23-39(26-38)51-28-31-20-36(48-16-6-12-43)25-37(21-31)49-17-7-13-44/h1-3,8-9,18-26H,4-7,10-17,27-29H2. The van der Waals surface area contributed by atoms with Gasteiger partial charge in [0.15, 0.2) is 0 Å². The van der Waals surface area contributed by atoms with Crippen LogP contribution in [0.5, 0.6) is 34.5 Å². The number of halogens is 4. The molecular weight excluding hydrogens is 928 g/mol. The lowest BCUT2D eigenvalue weighted by Gasteiger charge is -2.16. The molecule has 0 aliphatic carbocycles. The van der Waals surface area contributed by atoms with Gasteiger partial charge >= 0.3 is 5.97 Å². The summed E-state index contributed by atoms with van der Waals surface area (Å²) in [4.78, 5) is 12.8. The predicted molar refractivity (Wildman–Crippen MR) is 219 cm³/mol. The molecule has 0 radical (unpaired) electrons. The second-order valence-electron chi connectivity index (χ2n) is 11.5. The summed E-state index contributed by atoms with van der Waals surface area (Å²) >= 11 is 13.8. The molecule has 0 saturated carbocycles. The lowest BCUT2D eigenvalue weighted by atomic mass is 10.2. The van der Waals surface area contributed by atoms with E-state index < -0.39 is 5.97 Å². The number of rotatable bonds is 25. The lowest BCUT2D eigenvalue weighted by molar-refractivity contribution is 0.0472. The summed E-state index contributed by atoms with van der Waals surface area (Å²) < 4.78 is 42.3. The average Bonchev–Trinajstić information content (AvgIpc) is 3.16. The van der Waals surface area contributed by atoms with Gasteiger partial charge in [0.2, 0.25) is 0 Å². The molecule has 52 heavy (non-hydrogen) atoms. The van der Waals surface area contributed by atoms with Crippen molar-refractivity contribution < 1.29 is 38.0 Å². The highest BCUT2D eigenvalue weighted by Gasteiger charge is 2.12. The van der Waals surface area contributed by atoms with Crippen molar-refractivity contribution in [3.8, 4) is 34.5 Å². The summed E-state index contributed by atoms with van der Waals surface area (Å²) in [7, 11) is 0. The smallest absolute Gasteiger partial charge is 0.338 e. The van der Waals surface area contributed by atoms with Crippen LogP contribution in [0.3, 0.4) is 0 Å². The molecule has 8 nitrogen and oxygen atoms in total. The largest absolute Gasteiger partial charge is 0.493 e. The summed E-state index contributed by atoms with van der Waals surface area (Å²) in [6.45, 7) is 2.86. The molecule has 0 fully saturated rings. The maximum Gasteiger partial charge on any atom is 0.338 e. The molecule has 0 aromatic heterocycles. The Morgan fingerprint density at radius 2 is 0.750 bits per heavy atom. The molecule has 4 aromatic carbocycles. The fourth-order valence-corrected chi connectivity index (χ4v) is 5.68. The van der Waals surface area contributed by atoms with Crippen LogP contribution in [0, 0.1) is 0 Å². The van der Waals surface area contributed by atoms with Crippen molar-refractivity contribution >= 4 is 69.7 Å². The third-order valence-corrected chi connectivity index (χ3v) is 9.44. The molecule has 12 heteroatoms. The summed E-state index contributed by atoms with van der Waals surface area (Å²) in [6.07, 6.45) is 3.52. The first kappa shape index (κ1) is 41.8. The van der Waals surface area contributed by atoms with Gasteiger partial charge in [-0.25, -0.2) is 4.79 Å². The lowest BCUT2D eigenvalue weighted by Crippen LogP contribution is -2.06. The second-order valence-corrected chi connectivity index (χ2v) is 14.7. The average molecular weight is 972 g/mol. The van der Waals surface area contributed by atoms with Gasteiger partial charge in [-0.3, -0.25) is 0 Å². The molecule has 0 N–H and O–H groups in total. The SMILES string of the molecule is O=C(OCc1cc(OCc2cc(OCCCBr)cc(OCCCBr)c2)cc(OCc2cc(OCCCBr)cc(OCCCBr)c2)c1)c1ccccc1. The molecule has 0 aliphatic rings. The topological polar surface area (TPSA) is 81.7 Å². The molecule has 4 rings (SSSR count). The Labute approximate surface area is 340 Å². The molecule has 0 heterocycles. The molecule has 0 amide bonds. The highest BCUT2D eigenvalue weighted by molar-refractivity contribution is 9.09. The summed E-state index contributed by atoms with van der Waals surface area (Å²) in [5.41, 5.74) is 2.97. The van der Waals surface area contributed by atoms with E-state index in [1.165, 1.54) is 0 Å². The minimum absolute atomic E-state index is 0.0339. The van der Waals surface area contributed by atoms with Gasteiger partial charge in [0.1, 0.15) is 54.3 Å².